The van der Waals surface area contributed by atoms with Crippen molar-refractivity contribution in [3.63, 3.8) is 0 Å². The molecule has 2 aromatic carbocycles. The fraction of sp³-hybridized carbons (Fsp3) is 0.611. The van der Waals surface area contributed by atoms with Crippen molar-refractivity contribution in [2.45, 2.75) is 78.1 Å². The third-order valence-corrected chi connectivity index (χ3v) is 9.82. The monoisotopic (exact) mass is 589 g/mol. The second-order valence-corrected chi connectivity index (χ2v) is 14.2. The second-order valence-electron chi connectivity index (χ2n) is 14.2. The third kappa shape index (κ3) is 8.67. The van der Waals surface area contributed by atoms with Crippen molar-refractivity contribution in [1.29, 1.82) is 0 Å². The maximum atomic E-state index is 13.5. The van der Waals surface area contributed by atoms with Gasteiger partial charge in [-0.15, -0.1) is 0 Å². The molecule has 5 rings (SSSR count). The minimum absolute atomic E-state index is 0.0176. The number of carbonyl (C=O) groups is 2. The molecule has 0 spiro atoms. The summed E-state index contributed by atoms with van der Waals surface area (Å²) in [6.45, 7) is 9.90. The van der Waals surface area contributed by atoms with Gasteiger partial charge < -0.3 is 25.4 Å². The molecule has 7 nitrogen and oxygen atoms in total. The minimum atomic E-state index is -0.242. The van der Waals surface area contributed by atoms with Gasteiger partial charge in [-0.25, -0.2) is 0 Å². The van der Waals surface area contributed by atoms with Gasteiger partial charge in [-0.2, -0.15) is 0 Å². The minimum Gasteiger partial charge on any atom is -0.497 e. The molecule has 2 aliphatic carbocycles. The Bertz CT molecular complexity index is 1260. The van der Waals surface area contributed by atoms with Gasteiger partial charge in [-0.1, -0.05) is 32.9 Å². The standard InChI is InChI=1S/C36H51N3O4/c1-24(26-8-9-26)21-36(2,3)23-38-35(41)31-13-12-29(42-4)19-33(31)39-16-14-25(15-17-39)22-43-30-7-5-6-28(18-30)32(20-34(37)40)27-10-11-27/h5-7,12-13,18-19,24-27,32H,8-11,14-17,20-23H2,1-4H3,(H2,37,40)(H,38,41). The smallest absolute Gasteiger partial charge is 0.253 e. The van der Waals surface area contributed by atoms with E-state index in [9.17, 15) is 9.59 Å². The highest BCUT2D eigenvalue weighted by Gasteiger charge is 2.34. The Kier molecular flexibility index (Phi) is 9.88. The molecule has 2 aromatic rings. The summed E-state index contributed by atoms with van der Waals surface area (Å²) in [6.07, 6.45) is 8.52. The summed E-state index contributed by atoms with van der Waals surface area (Å²) in [7, 11) is 1.67. The second kappa shape index (κ2) is 13.6. The van der Waals surface area contributed by atoms with Gasteiger partial charge in [0.05, 0.1) is 25.0 Å². The average molecular weight is 590 g/mol. The number of carbonyl (C=O) groups excluding carboxylic acids is 2. The first-order valence-corrected chi connectivity index (χ1v) is 16.3. The Morgan fingerprint density at radius 2 is 1.72 bits per heavy atom. The largest absolute Gasteiger partial charge is 0.497 e. The van der Waals surface area contributed by atoms with Crippen molar-refractivity contribution < 1.29 is 19.1 Å². The molecule has 1 saturated heterocycles. The molecular weight excluding hydrogens is 538 g/mol. The summed E-state index contributed by atoms with van der Waals surface area (Å²) in [5.74, 6) is 4.11. The number of hydrogen-bond acceptors (Lipinski definition) is 5. The predicted molar refractivity (Wildman–Crippen MR) is 172 cm³/mol. The average Bonchev–Trinajstić information content (AvgIpc) is 3.91. The van der Waals surface area contributed by atoms with E-state index in [1.165, 1.54) is 12.8 Å². The van der Waals surface area contributed by atoms with Crippen LogP contribution in [0.3, 0.4) is 0 Å². The molecule has 2 atom stereocenters. The molecule has 2 saturated carbocycles. The number of piperidine rings is 1. The van der Waals surface area contributed by atoms with E-state index in [4.69, 9.17) is 15.2 Å². The van der Waals surface area contributed by atoms with Gasteiger partial charge in [0.1, 0.15) is 11.5 Å². The predicted octanol–water partition coefficient (Wildman–Crippen LogP) is 6.55. The highest BCUT2D eigenvalue weighted by Crippen LogP contribution is 2.45. The van der Waals surface area contributed by atoms with Crippen molar-refractivity contribution in [2.24, 2.45) is 34.8 Å². The van der Waals surface area contributed by atoms with E-state index in [2.05, 4.69) is 43.1 Å². The summed E-state index contributed by atoms with van der Waals surface area (Å²) in [4.78, 5) is 27.4. The van der Waals surface area contributed by atoms with Crippen LogP contribution in [0.4, 0.5) is 5.69 Å². The Hall–Kier alpha value is -3.22. The molecule has 43 heavy (non-hydrogen) atoms. The molecule has 2 amide bonds. The van der Waals surface area contributed by atoms with E-state index >= 15 is 0 Å². The molecule has 2 unspecified atom stereocenters. The van der Waals surface area contributed by atoms with Crippen molar-refractivity contribution in [1.82, 2.24) is 5.32 Å². The molecule has 1 aliphatic heterocycles. The molecule has 234 valence electrons. The van der Waals surface area contributed by atoms with Crippen LogP contribution in [-0.4, -0.2) is 45.2 Å². The lowest BCUT2D eigenvalue weighted by atomic mass is 9.81. The van der Waals surface area contributed by atoms with Gasteiger partial charge in [0.2, 0.25) is 5.91 Å². The molecule has 1 heterocycles. The number of nitrogens with zero attached hydrogens (tertiary/aromatic N) is 1. The molecule has 3 N–H and O–H groups in total. The summed E-state index contributed by atoms with van der Waals surface area (Å²) < 4.78 is 11.8. The maximum absolute atomic E-state index is 13.5. The van der Waals surface area contributed by atoms with Gasteiger partial charge >= 0.3 is 0 Å². The number of ether oxygens (including phenoxy) is 2. The first kappa shape index (κ1) is 31.2. The van der Waals surface area contributed by atoms with Gasteiger partial charge in [0, 0.05) is 32.1 Å². The number of anilines is 1. The molecule has 3 aliphatic rings. The normalized spacial score (nSPS) is 19.0. The Morgan fingerprint density at radius 3 is 2.37 bits per heavy atom. The number of rotatable bonds is 15. The third-order valence-electron chi connectivity index (χ3n) is 9.82. The zero-order valence-corrected chi connectivity index (χ0v) is 26.6. The Morgan fingerprint density at radius 1 is 1.00 bits per heavy atom. The maximum Gasteiger partial charge on any atom is 0.253 e. The van der Waals surface area contributed by atoms with Gasteiger partial charge in [-0.05, 0) is 110 Å². The molecule has 0 radical (unpaired) electrons. The highest BCUT2D eigenvalue weighted by atomic mass is 16.5. The lowest BCUT2D eigenvalue weighted by Crippen LogP contribution is -2.38. The van der Waals surface area contributed by atoms with E-state index < -0.39 is 0 Å². The fourth-order valence-corrected chi connectivity index (χ4v) is 6.94. The first-order chi connectivity index (χ1) is 20.6. The lowest BCUT2D eigenvalue weighted by molar-refractivity contribution is -0.118. The number of primary amides is 1. The summed E-state index contributed by atoms with van der Waals surface area (Å²) in [5.41, 5.74) is 8.40. The van der Waals surface area contributed by atoms with Gasteiger partial charge in [0.15, 0.2) is 0 Å². The van der Waals surface area contributed by atoms with Gasteiger partial charge in [0.25, 0.3) is 5.91 Å². The number of hydrogen-bond donors (Lipinski definition) is 2. The number of nitrogens with one attached hydrogen (secondary N) is 1. The van der Waals surface area contributed by atoms with Gasteiger partial charge in [-0.3, -0.25) is 9.59 Å². The van der Waals surface area contributed by atoms with Crippen molar-refractivity contribution in [2.75, 3.05) is 38.3 Å². The molecule has 0 bridgehead atoms. The van der Waals surface area contributed by atoms with Crippen LogP contribution in [0, 0.1) is 29.1 Å². The van der Waals surface area contributed by atoms with Crippen LogP contribution in [-0.2, 0) is 4.79 Å². The van der Waals surface area contributed by atoms with Crippen LogP contribution in [0.15, 0.2) is 42.5 Å². The van der Waals surface area contributed by atoms with E-state index in [0.29, 0.717) is 42.9 Å². The molecule has 3 fully saturated rings. The Labute approximate surface area is 257 Å². The van der Waals surface area contributed by atoms with E-state index in [1.54, 1.807) is 7.11 Å². The van der Waals surface area contributed by atoms with Crippen molar-refractivity contribution in [3.05, 3.63) is 53.6 Å². The molecular formula is C36H51N3O4. The molecule has 0 aromatic heterocycles. The highest BCUT2D eigenvalue weighted by molar-refractivity contribution is 6.00. The summed E-state index contributed by atoms with van der Waals surface area (Å²) in [6, 6.07) is 14.0. The van der Waals surface area contributed by atoms with E-state index in [1.807, 2.05) is 30.3 Å². The zero-order chi connectivity index (χ0) is 30.6. The van der Waals surface area contributed by atoms with Crippen LogP contribution >= 0.6 is 0 Å². The van der Waals surface area contributed by atoms with E-state index in [-0.39, 0.29) is 23.1 Å². The molecule has 7 heteroatoms. The SMILES string of the molecule is COc1ccc(C(=O)NCC(C)(C)CC(C)C2CC2)c(N2CCC(COc3cccc(C(CC(N)=O)C4CC4)c3)CC2)c1. The number of methoxy groups -OCH3 is 1. The number of amides is 2. The number of benzene rings is 2. The number of nitrogens with two attached hydrogens (primary N) is 1. The fourth-order valence-electron chi connectivity index (χ4n) is 6.94. The Balaban J connectivity index is 1.16. The van der Waals surface area contributed by atoms with E-state index in [0.717, 1.165) is 73.9 Å². The topological polar surface area (TPSA) is 93.9 Å². The van der Waals surface area contributed by atoms with Crippen molar-refractivity contribution >= 4 is 17.5 Å². The summed E-state index contributed by atoms with van der Waals surface area (Å²) >= 11 is 0. The quantitative estimate of drug-likeness (QED) is 0.246. The van der Waals surface area contributed by atoms with Crippen LogP contribution in [0.5, 0.6) is 11.5 Å². The van der Waals surface area contributed by atoms with Crippen LogP contribution < -0.4 is 25.4 Å². The van der Waals surface area contributed by atoms with Crippen LogP contribution in [0.2, 0.25) is 0 Å². The van der Waals surface area contributed by atoms with Crippen LogP contribution in [0.25, 0.3) is 0 Å². The summed E-state index contributed by atoms with van der Waals surface area (Å²) in [5, 5.41) is 3.25. The zero-order valence-electron chi connectivity index (χ0n) is 26.6. The van der Waals surface area contributed by atoms with Crippen LogP contribution in [0.1, 0.15) is 94.0 Å². The lowest BCUT2D eigenvalue weighted by Gasteiger charge is -2.35. The first-order valence-electron chi connectivity index (χ1n) is 16.3. The van der Waals surface area contributed by atoms with Crippen molar-refractivity contribution in [3.8, 4) is 11.5 Å².